The molecule has 136 valence electrons. The van der Waals surface area contributed by atoms with Crippen LogP contribution in [0, 0.1) is 5.82 Å². The molecule has 0 bridgehead atoms. The first-order valence-electron chi connectivity index (χ1n) is 8.48. The number of rotatable bonds is 11. The van der Waals surface area contributed by atoms with Crippen LogP contribution in [0.3, 0.4) is 0 Å². The van der Waals surface area contributed by atoms with Crippen LogP contribution in [0.2, 0.25) is 0 Å². The summed E-state index contributed by atoms with van der Waals surface area (Å²) in [6.45, 7) is 5.12. The van der Waals surface area contributed by atoms with Crippen LogP contribution in [-0.2, 0) is 17.0 Å². The van der Waals surface area contributed by atoms with E-state index in [1.165, 1.54) is 6.07 Å². The molecule has 1 aromatic carbocycles. The summed E-state index contributed by atoms with van der Waals surface area (Å²) in [6.07, 6.45) is 5.32. The van der Waals surface area contributed by atoms with Crippen LogP contribution in [0.1, 0.15) is 37.3 Å². The summed E-state index contributed by atoms with van der Waals surface area (Å²) in [5, 5.41) is 6.60. The third kappa shape index (κ3) is 8.55. The number of halogens is 1. The largest absolute Gasteiger partial charge is 0.385 e. The molecule has 0 spiro atoms. The highest BCUT2D eigenvalue weighted by Gasteiger charge is 2.04. The van der Waals surface area contributed by atoms with Gasteiger partial charge < -0.3 is 15.4 Å². The van der Waals surface area contributed by atoms with E-state index in [1.54, 1.807) is 24.9 Å². The van der Waals surface area contributed by atoms with Gasteiger partial charge in [-0.15, -0.1) is 0 Å². The molecule has 0 saturated heterocycles. The zero-order chi connectivity index (χ0) is 17.6. The first kappa shape index (κ1) is 20.8. The Bertz CT molecular complexity index is 497. The summed E-state index contributed by atoms with van der Waals surface area (Å²) in [6, 6.07) is 4.95. The predicted octanol–water partition coefficient (Wildman–Crippen LogP) is 3.56. The number of thioether (sulfide) groups is 1. The molecule has 0 unspecified atom stereocenters. The average Bonchev–Trinajstić information content (AvgIpc) is 2.57. The second kappa shape index (κ2) is 13.1. The van der Waals surface area contributed by atoms with Crippen molar-refractivity contribution < 1.29 is 9.13 Å². The summed E-state index contributed by atoms with van der Waals surface area (Å²) in [7, 11) is 1.73. The summed E-state index contributed by atoms with van der Waals surface area (Å²) < 4.78 is 18.5. The number of aliphatic imine (C=N–C) groups is 1. The summed E-state index contributed by atoms with van der Waals surface area (Å²) in [4.78, 5) is 4.63. The molecule has 2 N–H and O–H groups in total. The highest BCUT2D eigenvalue weighted by molar-refractivity contribution is 7.97. The molecule has 0 aliphatic carbocycles. The van der Waals surface area contributed by atoms with Crippen LogP contribution in [-0.4, -0.2) is 39.0 Å². The van der Waals surface area contributed by atoms with Crippen LogP contribution in [0.15, 0.2) is 23.2 Å². The number of methoxy groups -OCH3 is 1. The van der Waals surface area contributed by atoms with Crippen molar-refractivity contribution in [1.29, 1.82) is 0 Å². The van der Waals surface area contributed by atoms with E-state index in [1.807, 2.05) is 19.2 Å². The SMILES string of the molecule is CCNC(=NCc1ccc(F)cc1CSC)NCCCCCOC. The van der Waals surface area contributed by atoms with Crippen LogP contribution >= 0.6 is 11.8 Å². The Morgan fingerprint density at radius 3 is 2.75 bits per heavy atom. The zero-order valence-corrected chi connectivity index (χ0v) is 15.8. The first-order chi connectivity index (χ1) is 11.7. The minimum absolute atomic E-state index is 0.187. The molecule has 0 saturated carbocycles. The minimum Gasteiger partial charge on any atom is -0.385 e. The third-order valence-corrected chi connectivity index (χ3v) is 4.14. The zero-order valence-electron chi connectivity index (χ0n) is 15.0. The second-order valence-electron chi connectivity index (χ2n) is 5.52. The Kier molecular flexibility index (Phi) is 11.3. The number of guanidine groups is 1. The fourth-order valence-corrected chi connectivity index (χ4v) is 2.88. The number of hydrogen-bond acceptors (Lipinski definition) is 3. The van der Waals surface area contributed by atoms with Gasteiger partial charge in [-0.25, -0.2) is 9.38 Å². The van der Waals surface area contributed by atoms with Crippen molar-refractivity contribution in [3.63, 3.8) is 0 Å². The van der Waals surface area contributed by atoms with E-state index >= 15 is 0 Å². The second-order valence-corrected chi connectivity index (χ2v) is 6.39. The molecule has 0 aliphatic heterocycles. The van der Waals surface area contributed by atoms with E-state index in [0.717, 1.165) is 61.8 Å². The van der Waals surface area contributed by atoms with Crippen molar-refractivity contribution in [2.24, 2.45) is 4.99 Å². The topological polar surface area (TPSA) is 45.7 Å². The van der Waals surface area contributed by atoms with Gasteiger partial charge in [0.1, 0.15) is 5.82 Å². The Hall–Kier alpha value is -1.27. The van der Waals surface area contributed by atoms with E-state index < -0.39 is 0 Å². The van der Waals surface area contributed by atoms with E-state index in [0.29, 0.717) is 6.54 Å². The lowest BCUT2D eigenvalue weighted by molar-refractivity contribution is 0.192. The molecule has 6 heteroatoms. The monoisotopic (exact) mass is 355 g/mol. The van der Waals surface area contributed by atoms with E-state index in [9.17, 15) is 4.39 Å². The molecule has 0 atom stereocenters. The highest BCUT2D eigenvalue weighted by Crippen LogP contribution is 2.17. The summed E-state index contributed by atoms with van der Waals surface area (Å²) in [5.74, 6) is 1.42. The van der Waals surface area contributed by atoms with Crippen molar-refractivity contribution in [3.8, 4) is 0 Å². The van der Waals surface area contributed by atoms with Crippen LogP contribution in [0.4, 0.5) is 4.39 Å². The molecule has 0 radical (unpaired) electrons. The normalized spacial score (nSPS) is 11.6. The number of unbranched alkanes of at least 4 members (excludes halogenated alkanes) is 2. The van der Waals surface area contributed by atoms with Gasteiger partial charge in [0.2, 0.25) is 0 Å². The van der Waals surface area contributed by atoms with E-state index in [-0.39, 0.29) is 5.82 Å². The van der Waals surface area contributed by atoms with Gasteiger partial charge in [0, 0.05) is 32.6 Å². The lowest BCUT2D eigenvalue weighted by atomic mass is 10.1. The van der Waals surface area contributed by atoms with E-state index in [4.69, 9.17) is 4.74 Å². The Labute approximate surface area is 149 Å². The molecule has 0 fully saturated rings. The Morgan fingerprint density at radius 1 is 1.21 bits per heavy atom. The van der Waals surface area contributed by atoms with Gasteiger partial charge in [0.15, 0.2) is 5.96 Å². The maximum absolute atomic E-state index is 13.4. The van der Waals surface area contributed by atoms with Gasteiger partial charge in [0.25, 0.3) is 0 Å². The lowest BCUT2D eigenvalue weighted by Gasteiger charge is -2.12. The maximum Gasteiger partial charge on any atom is 0.191 e. The molecule has 4 nitrogen and oxygen atoms in total. The van der Waals surface area contributed by atoms with Crippen molar-refractivity contribution >= 4 is 17.7 Å². The van der Waals surface area contributed by atoms with Gasteiger partial charge >= 0.3 is 0 Å². The molecular weight excluding hydrogens is 325 g/mol. The summed E-state index contributed by atoms with van der Waals surface area (Å²) >= 11 is 1.69. The van der Waals surface area contributed by atoms with Crippen LogP contribution in [0.5, 0.6) is 0 Å². The molecule has 0 amide bonds. The molecule has 0 aromatic heterocycles. The van der Waals surface area contributed by atoms with Gasteiger partial charge in [-0.2, -0.15) is 11.8 Å². The Balaban J connectivity index is 2.55. The van der Waals surface area contributed by atoms with E-state index in [2.05, 4.69) is 15.6 Å². The fraction of sp³-hybridized carbons (Fsp3) is 0.611. The van der Waals surface area contributed by atoms with Crippen LogP contribution < -0.4 is 10.6 Å². The standard InChI is InChI=1S/C18H30FN3OS/c1-4-20-18(21-10-6-5-7-11-23-2)22-13-15-8-9-17(19)12-16(15)14-24-3/h8-9,12H,4-7,10-11,13-14H2,1-3H3,(H2,20,21,22). The number of ether oxygens (including phenoxy) is 1. The third-order valence-electron chi connectivity index (χ3n) is 3.54. The smallest absolute Gasteiger partial charge is 0.191 e. The number of nitrogens with zero attached hydrogens (tertiary/aromatic N) is 1. The van der Waals surface area contributed by atoms with Gasteiger partial charge in [-0.1, -0.05) is 6.07 Å². The number of nitrogens with one attached hydrogen (secondary N) is 2. The van der Waals surface area contributed by atoms with Crippen molar-refractivity contribution in [1.82, 2.24) is 10.6 Å². The van der Waals surface area contributed by atoms with Gasteiger partial charge in [0.05, 0.1) is 6.54 Å². The molecule has 1 aromatic rings. The van der Waals surface area contributed by atoms with Crippen LogP contribution in [0.25, 0.3) is 0 Å². The molecular formula is C18H30FN3OS. The number of benzene rings is 1. The first-order valence-corrected chi connectivity index (χ1v) is 9.88. The average molecular weight is 356 g/mol. The molecule has 0 heterocycles. The lowest BCUT2D eigenvalue weighted by Crippen LogP contribution is -2.37. The molecule has 0 aliphatic rings. The molecule has 24 heavy (non-hydrogen) atoms. The van der Waals surface area contributed by atoms with Gasteiger partial charge in [-0.05, 0) is 55.7 Å². The van der Waals surface area contributed by atoms with Crippen molar-refractivity contribution in [2.75, 3.05) is 33.1 Å². The Morgan fingerprint density at radius 2 is 2.04 bits per heavy atom. The highest BCUT2D eigenvalue weighted by atomic mass is 32.2. The van der Waals surface area contributed by atoms with Gasteiger partial charge in [-0.3, -0.25) is 0 Å². The van der Waals surface area contributed by atoms with Crippen molar-refractivity contribution in [3.05, 3.63) is 35.1 Å². The fourth-order valence-electron chi connectivity index (χ4n) is 2.30. The summed E-state index contributed by atoms with van der Waals surface area (Å²) in [5.41, 5.74) is 2.09. The quantitative estimate of drug-likeness (QED) is 0.362. The number of hydrogen-bond donors (Lipinski definition) is 2. The predicted molar refractivity (Wildman–Crippen MR) is 102 cm³/mol. The maximum atomic E-state index is 13.4. The van der Waals surface area contributed by atoms with Crippen molar-refractivity contribution in [2.45, 2.75) is 38.5 Å². The minimum atomic E-state index is -0.187. The molecule has 1 rings (SSSR count).